The molecule has 1 saturated heterocycles. The van der Waals surface area contributed by atoms with Crippen LogP contribution in [-0.2, 0) is 14.4 Å². The summed E-state index contributed by atoms with van der Waals surface area (Å²) in [6.45, 7) is 24.5. The predicted molar refractivity (Wildman–Crippen MR) is 147 cm³/mol. The molecule has 2 saturated carbocycles. The third-order valence-electron chi connectivity index (χ3n) is 13.1. The minimum atomic E-state index is -1.09. The van der Waals surface area contributed by atoms with Crippen molar-refractivity contribution in [1.82, 2.24) is 5.32 Å². The molecule has 0 aromatic heterocycles. The molecule has 0 aromatic carbocycles. The Morgan fingerprint density at radius 1 is 1.13 bits per heavy atom. The number of hydrogen-bond donors (Lipinski definition) is 4. The van der Waals surface area contributed by atoms with Gasteiger partial charge in [0.1, 0.15) is 17.8 Å². The summed E-state index contributed by atoms with van der Waals surface area (Å²) in [6.07, 6.45) is -0.542. The summed E-state index contributed by atoms with van der Waals surface area (Å²) in [6, 6.07) is -0.583. The second kappa shape index (κ2) is 11.2. The van der Waals surface area contributed by atoms with Crippen molar-refractivity contribution in [3.63, 3.8) is 0 Å². The van der Waals surface area contributed by atoms with Crippen LogP contribution in [0, 0.1) is 95.8 Å². The van der Waals surface area contributed by atoms with Gasteiger partial charge in [0.2, 0.25) is 5.91 Å². The summed E-state index contributed by atoms with van der Waals surface area (Å²) < 4.78 is 5.98. The molecule has 4 aliphatic rings. The topological polar surface area (TPSA) is 108 Å². The van der Waals surface area contributed by atoms with Crippen molar-refractivity contribution in [1.29, 1.82) is 0 Å². The van der Waals surface area contributed by atoms with Crippen LogP contribution in [0.15, 0.2) is 11.1 Å². The largest absolute Gasteiger partial charge is 0.388 e. The maximum absolute atomic E-state index is 12.2. The van der Waals surface area contributed by atoms with E-state index >= 15 is 0 Å². The molecule has 3 aliphatic carbocycles. The van der Waals surface area contributed by atoms with Crippen molar-refractivity contribution in [2.45, 2.75) is 119 Å². The molecule has 39 heavy (non-hydrogen) atoms. The second-order valence-corrected chi connectivity index (χ2v) is 14.6. The first-order valence-electron chi connectivity index (χ1n) is 14.7. The van der Waals surface area contributed by atoms with Gasteiger partial charge >= 0.3 is 0 Å². The van der Waals surface area contributed by atoms with Gasteiger partial charge in [-0.1, -0.05) is 66.5 Å². The van der Waals surface area contributed by atoms with Crippen LogP contribution in [0.4, 0.5) is 0 Å². The molecule has 1 heterocycles. The number of rotatable bonds is 5. The van der Waals surface area contributed by atoms with Gasteiger partial charge < -0.3 is 20.3 Å². The third-order valence-corrected chi connectivity index (χ3v) is 13.1. The molecule has 1 amide bonds. The molecular formula is C31H53AcNO6. The Hall–Kier alpha value is 0.452. The van der Waals surface area contributed by atoms with Crippen LogP contribution in [0.1, 0.15) is 89.0 Å². The summed E-state index contributed by atoms with van der Waals surface area (Å²) in [4.78, 5) is 16.8. The molecule has 13 atom stereocenters. The van der Waals surface area contributed by atoms with Crippen molar-refractivity contribution >= 4 is 5.91 Å². The Bertz CT molecular complexity index is 986. The fraction of sp³-hybridized carbons (Fsp3) is 0.903. The van der Waals surface area contributed by atoms with Crippen molar-refractivity contribution in [3.05, 3.63) is 11.1 Å². The number of ether oxygens (including phenoxy) is 1. The molecule has 2 bridgehead atoms. The van der Waals surface area contributed by atoms with E-state index in [0.29, 0.717) is 24.9 Å². The van der Waals surface area contributed by atoms with Crippen LogP contribution in [0.2, 0.25) is 0 Å². The molecule has 1 radical (unpaired) electrons. The van der Waals surface area contributed by atoms with E-state index in [1.165, 1.54) is 18.1 Å². The normalized spacial score (nSPS) is 47.2. The summed E-state index contributed by atoms with van der Waals surface area (Å²) in [7, 11) is 0. The Labute approximate surface area is 271 Å². The molecule has 10 unspecified atom stereocenters. The molecule has 4 rings (SSSR count). The number of nitrogens with one attached hydrogen (secondary N) is 1. The van der Waals surface area contributed by atoms with Crippen molar-refractivity contribution in [2.75, 3.05) is 6.61 Å². The van der Waals surface area contributed by atoms with Crippen LogP contribution < -0.4 is 5.32 Å². The van der Waals surface area contributed by atoms with E-state index in [0.717, 1.165) is 6.42 Å². The minimum absolute atomic E-state index is 0. The monoisotopic (exact) mass is 762 g/mol. The maximum atomic E-state index is 12.2. The number of fused-ring (bicyclic) bond motifs is 5. The van der Waals surface area contributed by atoms with Crippen molar-refractivity contribution < 1.29 is 74.0 Å². The Kier molecular flexibility index (Phi) is 9.73. The molecular weight excluding hydrogens is 709 g/mol. The van der Waals surface area contributed by atoms with E-state index in [-0.39, 0.29) is 96.0 Å². The molecule has 1 aliphatic heterocycles. The predicted octanol–water partition coefficient (Wildman–Crippen LogP) is 4.81. The third kappa shape index (κ3) is 4.68. The number of amides is 1. The van der Waals surface area contributed by atoms with Gasteiger partial charge in [-0.2, -0.15) is 0 Å². The van der Waals surface area contributed by atoms with Crippen LogP contribution >= 0.6 is 0 Å². The van der Waals surface area contributed by atoms with Crippen molar-refractivity contribution in [2.24, 2.45) is 51.8 Å². The Morgan fingerprint density at radius 2 is 1.72 bits per heavy atom. The molecule has 8 heteroatoms. The first kappa shape index (κ1) is 33.9. The molecule has 0 aromatic rings. The van der Waals surface area contributed by atoms with Gasteiger partial charge in [-0.25, -0.2) is 4.89 Å². The number of hydrogen-bond acceptors (Lipinski definition) is 6. The SMILES string of the molecule is CC(=O)NC(C)C(O)[C@H](OO)C1CC2(C)C(C)C3[C@]4(O)COC4CC(C)[C@@]3(C)C(C)C(C)C(=C1C)C2(C)C.[Ac]. The van der Waals surface area contributed by atoms with E-state index < -0.39 is 23.9 Å². The van der Waals surface area contributed by atoms with Crippen molar-refractivity contribution in [3.8, 4) is 0 Å². The van der Waals surface area contributed by atoms with Crippen LogP contribution in [0.25, 0.3) is 0 Å². The molecule has 0 spiro atoms. The number of carbonyl (C=O) groups is 1. The standard InChI is InChI=1S/C31H53NO6.Ac/c1-15-12-23-31(35,14-37-23)27-19(5)29(10)13-22(26(38-36)25(34)20(6)32-21(7)33)17(3)24(28(29,8)9)16(2)18(4)30(15,27)11;/h15-16,18-20,22-23,25-27,34-36H,12-14H2,1-11H3,(H,32,33);/t15?,16?,18?,19?,20?,22?,23?,25?,26-,27?,29?,30+,31+;/m1./s1. The van der Waals surface area contributed by atoms with Gasteiger partial charge in [0, 0.05) is 62.8 Å². The van der Waals surface area contributed by atoms with E-state index in [9.17, 15) is 20.3 Å². The fourth-order valence-electron chi connectivity index (χ4n) is 10.2. The van der Waals surface area contributed by atoms with Crippen LogP contribution in [0.5, 0.6) is 0 Å². The molecule has 3 fully saturated rings. The van der Waals surface area contributed by atoms with Gasteiger partial charge in [-0.3, -0.25) is 10.1 Å². The van der Waals surface area contributed by atoms with E-state index in [2.05, 4.69) is 67.6 Å². The van der Waals surface area contributed by atoms with E-state index in [4.69, 9.17) is 9.62 Å². The number of aliphatic hydroxyl groups excluding tert-OH is 1. The fourth-order valence-corrected chi connectivity index (χ4v) is 10.2. The summed E-state index contributed by atoms with van der Waals surface area (Å²) >= 11 is 0. The smallest absolute Gasteiger partial charge is 0.217 e. The minimum Gasteiger partial charge on any atom is -0.388 e. The van der Waals surface area contributed by atoms with E-state index in [1.54, 1.807) is 6.92 Å². The van der Waals surface area contributed by atoms with Gasteiger partial charge in [0.05, 0.1) is 18.8 Å². The Balaban J connectivity index is 0.00000420. The van der Waals surface area contributed by atoms with Gasteiger partial charge in [0.15, 0.2) is 0 Å². The zero-order chi connectivity index (χ0) is 28.7. The zero-order valence-corrected chi connectivity index (χ0v) is 30.8. The average molecular weight is 763 g/mol. The first-order chi connectivity index (χ1) is 17.4. The zero-order valence-electron chi connectivity index (χ0n) is 26.0. The van der Waals surface area contributed by atoms with Gasteiger partial charge in [-0.15, -0.1) is 0 Å². The Morgan fingerprint density at radius 3 is 2.21 bits per heavy atom. The second-order valence-electron chi connectivity index (χ2n) is 14.6. The van der Waals surface area contributed by atoms with E-state index in [1.807, 2.05) is 0 Å². The van der Waals surface area contributed by atoms with Gasteiger partial charge in [-0.05, 0) is 66.6 Å². The maximum Gasteiger partial charge on any atom is 0.217 e. The van der Waals surface area contributed by atoms with Crippen LogP contribution in [-0.4, -0.2) is 57.9 Å². The molecule has 221 valence electrons. The number of allylic oxidation sites excluding steroid dienone is 1. The molecule has 7 nitrogen and oxygen atoms in total. The summed E-state index contributed by atoms with van der Waals surface area (Å²) in [5.41, 5.74) is 1.14. The molecule has 4 N–H and O–H groups in total. The quantitative estimate of drug-likeness (QED) is 0.182. The summed E-state index contributed by atoms with van der Waals surface area (Å²) in [5.74, 6) is 0.596. The average Bonchev–Trinajstić information content (AvgIpc) is 2.82. The number of carbonyl (C=O) groups excluding carboxylic acids is 1. The first-order valence-corrected chi connectivity index (χ1v) is 14.7. The van der Waals surface area contributed by atoms with Gasteiger partial charge in [0.25, 0.3) is 0 Å². The number of aliphatic hydroxyl groups is 2. The summed E-state index contributed by atoms with van der Waals surface area (Å²) in [5, 5.41) is 36.4. The van der Waals surface area contributed by atoms with Crippen LogP contribution in [0.3, 0.4) is 0 Å².